The molecule has 0 fully saturated rings. The van der Waals surface area contributed by atoms with Crippen LogP contribution in [0.25, 0.3) is 0 Å². The lowest BCUT2D eigenvalue weighted by molar-refractivity contribution is 0.0288. The molecule has 2 rings (SSSR count). The van der Waals surface area contributed by atoms with E-state index in [4.69, 9.17) is 16.3 Å². The van der Waals surface area contributed by atoms with Crippen LogP contribution < -0.4 is 5.32 Å². The van der Waals surface area contributed by atoms with Crippen molar-refractivity contribution < 1.29 is 9.84 Å². The Labute approximate surface area is 134 Å². The molecule has 2 aromatic rings. The molecular formula is C16H20ClNO2S. The average Bonchev–Trinajstić information content (AvgIpc) is 2.98. The molecule has 1 heterocycles. The minimum atomic E-state index is -0.533. The first-order chi connectivity index (χ1) is 10.2. The lowest BCUT2D eigenvalue weighted by atomic mass is 10.1. The molecule has 0 saturated heterocycles. The van der Waals surface area contributed by atoms with Crippen molar-refractivity contribution in [2.75, 3.05) is 13.2 Å². The summed E-state index contributed by atoms with van der Waals surface area (Å²) in [7, 11) is 0. The molecule has 0 amide bonds. The Morgan fingerprint density at radius 1 is 1.29 bits per heavy atom. The molecule has 2 N–H and O–H groups in total. The summed E-state index contributed by atoms with van der Waals surface area (Å²) in [5.74, 6) is 0. The van der Waals surface area contributed by atoms with Crippen LogP contribution in [0.15, 0.2) is 41.8 Å². The molecule has 1 aromatic heterocycles. The van der Waals surface area contributed by atoms with Gasteiger partial charge in [0.15, 0.2) is 0 Å². The topological polar surface area (TPSA) is 41.5 Å². The molecule has 21 heavy (non-hydrogen) atoms. The number of aliphatic hydroxyl groups is 1. The Balaban J connectivity index is 1.68. The molecule has 5 heteroatoms. The molecule has 1 aromatic carbocycles. The van der Waals surface area contributed by atoms with Crippen LogP contribution in [-0.4, -0.2) is 24.4 Å². The molecule has 0 aliphatic rings. The number of thiophene rings is 1. The van der Waals surface area contributed by atoms with Crippen molar-refractivity contribution in [2.45, 2.75) is 25.7 Å². The Morgan fingerprint density at radius 2 is 2.10 bits per heavy atom. The first kappa shape index (κ1) is 16.5. The third-order valence-electron chi connectivity index (χ3n) is 3.17. The molecule has 1 unspecified atom stereocenters. The number of benzene rings is 1. The van der Waals surface area contributed by atoms with Gasteiger partial charge in [-0.2, -0.15) is 0 Å². The fourth-order valence-corrected chi connectivity index (χ4v) is 2.94. The minimum absolute atomic E-state index is 0.0886. The van der Waals surface area contributed by atoms with Gasteiger partial charge in [0.2, 0.25) is 0 Å². The van der Waals surface area contributed by atoms with Crippen LogP contribution in [0.4, 0.5) is 0 Å². The van der Waals surface area contributed by atoms with E-state index in [2.05, 4.69) is 5.32 Å². The van der Waals surface area contributed by atoms with Gasteiger partial charge in [-0.3, -0.25) is 0 Å². The lowest BCUT2D eigenvalue weighted by Crippen LogP contribution is -2.32. The van der Waals surface area contributed by atoms with Crippen LogP contribution in [-0.2, 0) is 11.3 Å². The molecule has 0 aliphatic carbocycles. The van der Waals surface area contributed by atoms with E-state index in [1.807, 2.05) is 48.7 Å². The number of halogens is 1. The summed E-state index contributed by atoms with van der Waals surface area (Å²) < 4.78 is 5.50. The van der Waals surface area contributed by atoms with Crippen molar-refractivity contribution in [1.82, 2.24) is 5.32 Å². The monoisotopic (exact) mass is 325 g/mol. The molecule has 0 bridgehead atoms. The average molecular weight is 326 g/mol. The fourth-order valence-electron chi connectivity index (χ4n) is 2.00. The second-order valence-corrected chi connectivity index (χ2v) is 6.34. The van der Waals surface area contributed by atoms with Crippen LogP contribution in [0, 0.1) is 0 Å². The smallest absolute Gasteiger partial charge is 0.0898 e. The Bertz CT molecular complexity index is 533. The molecule has 3 nitrogen and oxygen atoms in total. The third-order valence-corrected chi connectivity index (χ3v) is 4.36. The zero-order valence-electron chi connectivity index (χ0n) is 12.0. The number of nitrogens with one attached hydrogen (secondary N) is 1. The first-order valence-corrected chi connectivity index (χ1v) is 8.18. The van der Waals surface area contributed by atoms with Crippen LogP contribution >= 0.6 is 22.9 Å². The van der Waals surface area contributed by atoms with Gasteiger partial charge in [-0.15, -0.1) is 11.3 Å². The van der Waals surface area contributed by atoms with Crippen molar-refractivity contribution in [3.05, 3.63) is 57.2 Å². The van der Waals surface area contributed by atoms with E-state index in [9.17, 15) is 5.11 Å². The van der Waals surface area contributed by atoms with E-state index in [0.717, 1.165) is 10.6 Å². The van der Waals surface area contributed by atoms with E-state index in [-0.39, 0.29) is 6.04 Å². The van der Waals surface area contributed by atoms with Gasteiger partial charge in [-0.25, -0.2) is 0 Å². The summed E-state index contributed by atoms with van der Waals surface area (Å²) in [6.07, 6.45) is -0.533. The number of rotatable bonds is 8. The van der Waals surface area contributed by atoms with Crippen LogP contribution in [0.1, 0.15) is 23.4 Å². The summed E-state index contributed by atoms with van der Waals surface area (Å²) in [4.78, 5) is 1.17. The van der Waals surface area contributed by atoms with Crippen molar-refractivity contribution in [2.24, 2.45) is 0 Å². The van der Waals surface area contributed by atoms with E-state index in [0.29, 0.717) is 19.8 Å². The molecular weight excluding hydrogens is 306 g/mol. The van der Waals surface area contributed by atoms with E-state index in [1.54, 1.807) is 11.3 Å². The van der Waals surface area contributed by atoms with Crippen molar-refractivity contribution in [1.29, 1.82) is 0 Å². The Kier molecular flexibility index (Phi) is 6.67. The van der Waals surface area contributed by atoms with Crippen LogP contribution in [0.5, 0.6) is 0 Å². The summed E-state index contributed by atoms with van der Waals surface area (Å²) in [5.41, 5.74) is 1.03. The van der Waals surface area contributed by atoms with Gasteiger partial charge in [-0.05, 0) is 30.0 Å². The van der Waals surface area contributed by atoms with Gasteiger partial charge in [0, 0.05) is 22.5 Å². The number of hydrogen-bond donors (Lipinski definition) is 2. The number of ether oxygens (including phenoxy) is 1. The summed E-state index contributed by atoms with van der Waals surface area (Å²) in [6, 6.07) is 11.8. The van der Waals surface area contributed by atoms with Gasteiger partial charge >= 0.3 is 0 Å². The third kappa shape index (κ3) is 5.41. The molecule has 0 aliphatic heterocycles. The van der Waals surface area contributed by atoms with Crippen molar-refractivity contribution >= 4 is 22.9 Å². The normalized spacial score (nSPS) is 14.0. The number of aliphatic hydroxyl groups excluding tert-OH is 1. The maximum atomic E-state index is 9.93. The maximum Gasteiger partial charge on any atom is 0.0898 e. The second-order valence-electron chi connectivity index (χ2n) is 4.90. The Morgan fingerprint density at radius 3 is 2.81 bits per heavy atom. The van der Waals surface area contributed by atoms with Gasteiger partial charge < -0.3 is 15.2 Å². The predicted molar refractivity (Wildman–Crippen MR) is 87.9 cm³/mol. The van der Waals surface area contributed by atoms with Crippen molar-refractivity contribution in [3.8, 4) is 0 Å². The summed E-state index contributed by atoms with van der Waals surface area (Å²) in [5, 5.41) is 15.9. The molecule has 114 valence electrons. The summed E-state index contributed by atoms with van der Waals surface area (Å²) >= 11 is 7.80. The van der Waals surface area contributed by atoms with Gasteiger partial charge in [0.1, 0.15) is 0 Å². The number of hydrogen-bond acceptors (Lipinski definition) is 4. The standard InChI is InChI=1S/C16H20ClNO2S/c1-12(15-6-2-3-7-16(15)17)18-9-13(19)10-20-11-14-5-4-8-21-14/h2-8,12-13,18-19H,9-11H2,1H3/t12-,13?/m0/s1. The SMILES string of the molecule is C[C@H](NCC(O)COCc1cccs1)c1ccccc1Cl. The largest absolute Gasteiger partial charge is 0.389 e. The van der Waals surface area contributed by atoms with Gasteiger partial charge in [0.25, 0.3) is 0 Å². The summed E-state index contributed by atoms with van der Waals surface area (Å²) in [6.45, 7) is 3.37. The maximum absolute atomic E-state index is 9.93. The highest BCUT2D eigenvalue weighted by molar-refractivity contribution is 7.09. The van der Waals surface area contributed by atoms with E-state index >= 15 is 0 Å². The highest BCUT2D eigenvalue weighted by atomic mass is 35.5. The van der Waals surface area contributed by atoms with Crippen molar-refractivity contribution in [3.63, 3.8) is 0 Å². The second kappa shape index (κ2) is 8.51. The van der Waals surface area contributed by atoms with E-state index < -0.39 is 6.10 Å². The highest BCUT2D eigenvalue weighted by Crippen LogP contribution is 2.21. The molecule has 0 spiro atoms. The lowest BCUT2D eigenvalue weighted by Gasteiger charge is -2.18. The van der Waals surface area contributed by atoms with Crippen LogP contribution in [0.2, 0.25) is 5.02 Å². The zero-order chi connectivity index (χ0) is 15.1. The highest BCUT2D eigenvalue weighted by Gasteiger charge is 2.11. The zero-order valence-corrected chi connectivity index (χ0v) is 13.5. The van der Waals surface area contributed by atoms with Gasteiger partial charge in [0.05, 0.1) is 19.3 Å². The molecule has 2 atom stereocenters. The minimum Gasteiger partial charge on any atom is -0.389 e. The Hall–Kier alpha value is -0.910. The molecule has 0 saturated carbocycles. The van der Waals surface area contributed by atoms with Crippen LogP contribution in [0.3, 0.4) is 0 Å². The fraction of sp³-hybridized carbons (Fsp3) is 0.375. The predicted octanol–water partition coefficient (Wildman–Crippen LogP) is 3.63. The first-order valence-electron chi connectivity index (χ1n) is 6.93. The van der Waals surface area contributed by atoms with E-state index in [1.165, 1.54) is 4.88 Å². The molecule has 0 radical (unpaired) electrons. The van der Waals surface area contributed by atoms with Gasteiger partial charge in [-0.1, -0.05) is 35.9 Å². The quantitative estimate of drug-likeness (QED) is 0.778.